The standard InChI is InChI=1S/C22H34BNO5/c1-16-15-22(5,6)29-23(28-16)18-9-7-8-10-19(18)26-17-11-13-24(14-12-17)20(25)27-21(2,3)4/h7-10,16-17H,11-15H2,1-6H3. The molecule has 160 valence electrons. The third kappa shape index (κ3) is 6.13. The van der Waals surface area contributed by atoms with Crippen LogP contribution in [-0.4, -0.2) is 54.6 Å². The minimum Gasteiger partial charge on any atom is -0.491 e. The topological polar surface area (TPSA) is 57.2 Å². The van der Waals surface area contributed by atoms with Crippen LogP contribution in [0.2, 0.25) is 0 Å². The molecular weight excluding hydrogens is 369 g/mol. The summed E-state index contributed by atoms with van der Waals surface area (Å²) >= 11 is 0. The molecule has 3 rings (SSSR count). The van der Waals surface area contributed by atoms with Crippen LogP contribution < -0.4 is 10.2 Å². The van der Waals surface area contributed by atoms with Crippen LogP contribution in [-0.2, 0) is 14.0 Å². The second-order valence-electron chi connectivity index (χ2n) is 9.68. The zero-order valence-corrected chi connectivity index (χ0v) is 18.6. The van der Waals surface area contributed by atoms with Crippen LogP contribution in [0.3, 0.4) is 0 Å². The van der Waals surface area contributed by atoms with Gasteiger partial charge < -0.3 is 23.7 Å². The van der Waals surface area contributed by atoms with E-state index >= 15 is 0 Å². The van der Waals surface area contributed by atoms with Gasteiger partial charge in [0.25, 0.3) is 0 Å². The van der Waals surface area contributed by atoms with Crippen molar-refractivity contribution in [1.82, 2.24) is 4.90 Å². The number of benzene rings is 1. The summed E-state index contributed by atoms with van der Waals surface area (Å²) in [4.78, 5) is 14.0. The predicted molar refractivity (Wildman–Crippen MR) is 114 cm³/mol. The highest BCUT2D eigenvalue weighted by atomic mass is 16.6. The number of rotatable bonds is 3. The lowest BCUT2D eigenvalue weighted by Gasteiger charge is -2.39. The molecule has 1 atom stereocenters. The van der Waals surface area contributed by atoms with Crippen molar-refractivity contribution in [3.05, 3.63) is 24.3 Å². The summed E-state index contributed by atoms with van der Waals surface area (Å²) in [5, 5.41) is 0. The molecule has 2 heterocycles. The Kier molecular flexibility index (Phi) is 6.49. The van der Waals surface area contributed by atoms with Gasteiger partial charge >= 0.3 is 13.2 Å². The summed E-state index contributed by atoms with van der Waals surface area (Å²) in [5.74, 6) is 0.790. The Bertz CT molecular complexity index is 709. The fourth-order valence-corrected chi connectivity index (χ4v) is 3.90. The number of carbonyl (C=O) groups is 1. The summed E-state index contributed by atoms with van der Waals surface area (Å²) in [6.07, 6.45) is 2.30. The molecule has 0 saturated carbocycles. The Labute approximate surface area is 175 Å². The fraction of sp³-hybridized carbons (Fsp3) is 0.682. The SMILES string of the molecule is CC1CC(C)(C)OB(c2ccccc2OC2CCN(C(=O)OC(C)(C)C)CC2)O1. The van der Waals surface area contributed by atoms with Crippen LogP contribution >= 0.6 is 0 Å². The van der Waals surface area contributed by atoms with E-state index in [0.29, 0.717) is 13.1 Å². The number of ether oxygens (including phenoxy) is 2. The average Bonchev–Trinajstić information content (AvgIpc) is 2.59. The first-order chi connectivity index (χ1) is 13.5. The van der Waals surface area contributed by atoms with Crippen LogP contribution in [0.1, 0.15) is 60.8 Å². The molecule has 2 fully saturated rings. The van der Waals surface area contributed by atoms with Crippen molar-refractivity contribution in [2.75, 3.05) is 13.1 Å². The molecule has 0 bridgehead atoms. The Morgan fingerprint density at radius 3 is 2.48 bits per heavy atom. The number of piperidine rings is 1. The number of hydrogen-bond donors (Lipinski definition) is 0. The predicted octanol–water partition coefficient (Wildman–Crippen LogP) is 3.76. The fourth-order valence-electron chi connectivity index (χ4n) is 3.90. The maximum atomic E-state index is 12.3. The Hall–Kier alpha value is -1.73. The van der Waals surface area contributed by atoms with E-state index in [9.17, 15) is 4.79 Å². The molecule has 0 radical (unpaired) electrons. The van der Waals surface area contributed by atoms with E-state index in [4.69, 9.17) is 18.8 Å². The number of para-hydroxylation sites is 1. The lowest BCUT2D eigenvalue weighted by atomic mass is 9.74. The normalized spacial score (nSPS) is 23.0. The first-order valence-electron chi connectivity index (χ1n) is 10.6. The van der Waals surface area contributed by atoms with Gasteiger partial charge in [-0.05, 0) is 54.0 Å². The van der Waals surface area contributed by atoms with E-state index in [1.54, 1.807) is 4.90 Å². The number of likely N-dealkylation sites (tertiary alicyclic amines) is 1. The van der Waals surface area contributed by atoms with Gasteiger partial charge in [-0.15, -0.1) is 0 Å². The van der Waals surface area contributed by atoms with Gasteiger partial charge in [0.05, 0.1) is 5.60 Å². The molecule has 0 spiro atoms. The largest absolute Gasteiger partial charge is 0.498 e. The van der Waals surface area contributed by atoms with Crippen molar-refractivity contribution in [3.63, 3.8) is 0 Å². The van der Waals surface area contributed by atoms with E-state index in [1.807, 2.05) is 45.0 Å². The first-order valence-corrected chi connectivity index (χ1v) is 10.6. The molecule has 29 heavy (non-hydrogen) atoms. The molecule has 2 aliphatic heterocycles. The number of nitrogens with zero attached hydrogens (tertiary/aromatic N) is 1. The van der Waals surface area contributed by atoms with Crippen LogP contribution in [0, 0.1) is 0 Å². The molecule has 1 aromatic rings. The van der Waals surface area contributed by atoms with Gasteiger partial charge in [0.2, 0.25) is 0 Å². The van der Waals surface area contributed by atoms with Crippen molar-refractivity contribution in [2.45, 2.75) is 84.2 Å². The van der Waals surface area contributed by atoms with Gasteiger partial charge in [0, 0.05) is 37.5 Å². The minimum atomic E-state index is -0.478. The van der Waals surface area contributed by atoms with Gasteiger partial charge in [0.15, 0.2) is 0 Å². The Morgan fingerprint density at radius 2 is 1.86 bits per heavy atom. The number of carbonyl (C=O) groups excluding carboxylic acids is 1. The highest BCUT2D eigenvalue weighted by molar-refractivity contribution is 6.62. The maximum absolute atomic E-state index is 12.3. The molecule has 1 amide bonds. The van der Waals surface area contributed by atoms with E-state index in [0.717, 1.165) is 30.5 Å². The van der Waals surface area contributed by atoms with Crippen molar-refractivity contribution in [3.8, 4) is 5.75 Å². The Morgan fingerprint density at radius 1 is 1.21 bits per heavy atom. The summed E-state index contributed by atoms with van der Waals surface area (Å²) in [7, 11) is -0.438. The van der Waals surface area contributed by atoms with Crippen LogP contribution in [0.4, 0.5) is 4.79 Å². The summed E-state index contributed by atoms with van der Waals surface area (Å²) in [5.41, 5.74) is 0.198. The first kappa shape index (κ1) is 22.0. The summed E-state index contributed by atoms with van der Waals surface area (Å²) in [6, 6.07) is 7.91. The number of amides is 1. The smallest absolute Gasteiger partial charge is 0.491 e. The molecule has 6 nitrogen and oxygen atoms in total. The molecule has 2 aliphatic rings. The van der Waals surface area contributed by atoms with Crippen molar-refractivity contribution < 1.29 is 23.6 Å². The van der Waals surface area contributed by atoms with E-state index in [1.165, 1.54) is 0 Å². The minimum absolute atomic E-state index is 0.0452. The van der Waals surface area contributed by atoms with Crippen molar-refractivity contribution in [1.29, 1.82) is 0 Å². The molecule has 1 aromatic carbocycles. The zero-order chi connectivity index (χ0) is 21.2. The van der Waals surface area contributed by atoms with E-state index in [-0.39, 0.29) is 23.9 Å². The van der Waals surface area contributed by atoms with Gasteiger partial charge in [-0.1, -0.05) is 18.2 Å². The van der Waals surface area contributed by atoms with Crippen molar-refractivity contribution >= 4 is 18.7 Å². The van der Waals surface area contributed by atoms with Gasteiger partial charge in [-0.2, -0.15) is 0 Å². The molecule has 0 N–H and O–H groups in total. The monoisotopic (exact) mass is 403 g/mol. The summed E-state index contributed by atoms with van der Waals surface area (Å²) < 4.78 is 24.0. The second-order valence-corrected chi connectivity index (χ2v) is 9.68. The second kappa shape index (κ2) is 8.56. The molecule has 2 saturated heterocycles. The highest BCUT2D eigenvalue weighted by Gasteiger charge is 2.40. The molecule has 7 heteroatoms. The number of hydrogen-bond acceptors (Lipinski definition) is 5. The highest BCUT2D eigenvalue weighted by Crippen LogP contribution is 2.27. The van der Waals surface area contributed by atoms with Crippen LogP contribution in [0.5, 0.6) is 5.75 Å². The zero-order valence-electron chi connectivity index (χ0n) is 18.6. The Balaban J connectivity index is 1.62. The quantitative estimate of drug-likeness (QED) is 0.720. The lowest BCUT2D eigenvalue weighted by molar-refractivity contribution is -0.0232. The third-order valence-electron chi connectivity index (χ3n) is 5.12. The van der Waals surface area contributed by atoms with E-state index < -0.39 is 12.7 Å². The average molecular weight is 403 g/mol. The van der Waals surface area contributed by atoms with Gasteiger partial charge in [-0.25, -0.2) is 4.79 Å². The van der Waals surface area contributed by atoms with E-state index in [2.05, 4.69) is 20.8 Å². The molecular formula is C22H34BNO5. The maximum Gasteiger partial charge on any atom is 0.498 e. The molecule has 1 unspecified atom stereocenters. The van der Waals surface area contributed by atoms with Gasteiger partial charge in [0.1, 0.15) is 17.5 Å². The molecule has 0 aromatic heterocycles. The summed E-state index contributed by atoms with van der Waals surface area (Å²) in [6.45, 7) is 13.2. The third-order valence-corrected chi connectivity index (χ3v) is 5.12. The lowest BCUT2D eigenvalue weighted by Crippen LogP contribution is -2.52. The van der Waals surface area contributed by atoms with Crippen molar-refractivity contribution in [2.24, 2.45) is 0 Å². The molecule has 0 aliphatic carbocycles. The van der Waals surface area contributed by atoms with Gasteiger partial charge in [-0.3, -0.25) is 0 Å². The van der Waals surface area contributed by atoms with Crippen LogP contribution in [0.15, 0.2) is 24.3 Å². The van der Waals surface area contributed by atoms with Crippen LogP contribution in [0.25, 0.3) is 0 Å².